The molecular formula is C22H30N2O7S. The molecule has 0 aromatic heterocycles. The monoisotopic (exact) mass is 466 g/mol. The smallest absolute Gasteiger partial charge is 0.411 e. The summed E-state index contributed by atoms with van der Waals surface area (Å²) in [6, 6.07) is 4.04. The van der Waals surface area contributed by atoms with E-state index >= 15 is 0 Å². The Bertz CT molecular complexity index is 1010. The molecule has 0 radical (unpaired) electrons. The molecule has 2 aliphatic rings. The van der Waals surface area contributed by atoms with Crippen LogP contribution in [0.4, 0.5) is 10.5 Å². The highest BCUT2D eigenvalue weighted by atomic mass is 32.2. The van der Waals surface area contributed by atoms with Crippen LogP contribution in [0.15, 0.2) is 18.2 Å². The van der Waals surface area contributed by atoms with Crippen LogP contribution in [0.2, 0.25) is 0 Å². The third kappa shape index (κ3) is 5.59. The summed E-state index contributed by atoms with van der Waals surface area (Å²) in [5.74, 6) is -1.03. The first-order chi connectivity index (χ1) is 14.9. The Morgan fingerprint density at radius 3 is 2.50 bits per heavy atom. The number of esters is 1. The highest BCUT2D eigenvalue weighted by molar-refractivity contribution is 7.92. The Morgan fingerprint density at radius 2 is 1.84 bits per heavy atom. The highest BCUT2D eigenvalue weighted by Gasteiger charge is 2.38. The molecule has 1 atom stereocenters. The number of hydrogen-bond donors (Lipinski definition) is 0. The van der Waals surface area contributed by atoms with Gasteiger partial charge < -0.3 is 9.47 Å². The third-order valence-corrected chi connectivity index (χ3v) is 6.56. The number of ether oxygens (including phenoxy) is 2. The molecule has 0 bridgehead atoms. The molecule has 176 valence electrons. The molecule has 1 fully saturated rings. The summed E-state index contributed by atoms with van der Waals surface area (Å²) < 4.78 is 35.9. The fourth-order valence-corrected chi connectivity index (χ4v) is 4.94. The van der Waals surface area contributed by atoms with E-state index in [-0.39, 0.29) is 5.78 Å². The van der Waals surface area contributed by atoms with E-state index in [1.165, 1.54) is 9.21 Å². The molecule has 1 saturated heterocycles. The lowest BCUT2D eigenvalue weighted by molar-refractivity contribution is -0.147. The molecule has 2 heterocycles. The normalized spacial score (nSPS) is 18.8. The molecule has 0 spiro atoms. The lowest BCUT2D eigenvalue weighted by atomic mass is 9.99. The van der Waals surface area contributed by atoms with Crippen molar-refractivity contribution in [2.45, 2.75) is 58.1 Å². The lowest BCUT2D eigenvalue weighted by Gasteiger charge is -2.29. The van der Waals surface area contributed by atoms with Gasteiger partial charge in [0.25, 0.3) is 0 Å². The van der Waals surface area contributed by atoms with Gasteiger partial charge in [0, 0.05) is 18.7 Å². The maximum Gasteiger partial charge on any atom is 0.411 e. The van der Waals surface area contributed by atoms with E-state index in [0.717, 1.165) is 11.8 Å². The second-order valence-electron chi connectivity index (χ2n) is 9.14. The number of carbonyl (C=O) groups is 3. The topological polar surface area (TPSA) is 110 Å². The number of sulfonamides is 1. The average Bonchev–Trinajstić information content (AvgIpc) is 3.19. The van der Waals surface area contributed by atoms with Crippen molar-refractivity contribution in [1.29, 1.82) is 0 Å². The van der Waals surface area contributed by atoms with Gasteiger partial charge in [-0.15, -0.1) is 0 Å². The number of rotatable bonds is 5. The molecule has 0 unspecified atom stereocenters. The van der Waals surface area contributed by atoms with Gasteiger partial charge in [0.15, 0.2) is 12.4 Å². The van der Waals surface area contributed by atoms with Gasteiger partial charge in [0.1, 0.15) is 11.6 Å². The summed E-state index contributed by atoms with van der Waals surface area (Å²) >= 11 is 0. The van der Waals surface area contributed by atoms with E-state index in [1.54, 1.807) is 39.0 Å². The second-order valence-corrected chi connectivity index (χ2v) is 11.1. The fourth-order valence-electron chi connectivity index (χ4n) is 3.95. The van der Waals surface area contributed by atoms with Crippen LogP contribution < -0.4 is 4.31 Å². The van der Waals surface area contributed by atoms with Crippen LogP contribution in [0.1, 0.15) is 56.0 Å². The summed E-state index contributed by atoms with van der Waals surface area (Å²) in [4.78, 5) is 38.9. The fraction of sp³-hybridized carbons (Fsp3) is 0.591. The van der Waals surface area contributed by atoms with E-state index in [4.69, 9.17) is 9.47 Å². The number of anilines is 1. The number of hydrogen-bond acceptors (Lipinski definition) is 7. The van der Waals surface area contributed by atoms with Crippen molar-refractivity contribution in [1.82, 2.24) is 4.90 Å². The van der Waals surface area contributed by atoms with E-state index in [1.807, 2.05) is 0 Å². The number of amides is 1. The quantitative estimate of drug-likeness (QED) is 0.484. The Morgan fingerprint density at radius 1 is 1.12 bits per heavy atom. The zero-order valence-corrected chi connectivity index (χ0v) is 19.7. The Balaban J connectivity index is 1.63. The van der Waals surface area contributed by atoms with Gasteiger partial charge in [-0.1, -0.05) is 0 Å². The minimum atomic E-state index is -3.39. The predicted octanol–water partition coefficient (Wildman–Crippen LogP) is 2.52. The van der Waals surface area contributed by atoms with Crippen molar-refractivity contribution in [3.05, 3.63) is 29.3 Å². The van der Waals surface area contributed by atoms with Crippen LogP contribution in [0.5, 0.6) is 0 Å². The number of likely N-dealkylation sites (tertiary alicyclic amines) is 1. The molecule has 10 heteroatoms. The minimum absolute atomic E-state index is 0.349. The van der Waals surface area contributed by atoms with E-state index in [9.17, 15) is 22.8 Å². The van der Waals surface area contributed by atoms with Gasteiger partial charge in [-0.2, -0.15) is 0 Å². The lowest BCUT2D eigenvalue weighted by Crippen LogP contribution is -2.44. The Hall–Kier alpha value is -2.62. The Kier molecular flexibility index (Phi) is 6.83. The average molecular weight is 467 g/mol. The molecule has 3 rings (SSSR count). The van der Waals surface area contributed by atoms with Gasteiger partial charge in [0.05, 0.1) is 11.9 Å². The Labute approximate surface area is 188 Å². The first-order valence-corrected chi connectivity index (χ1v) is 12.5. The van der Waals surface area contributed by atoms with Crippen LogP contribution >= 0.6 is 0 Å². The van der Waals surface area contributed by atoms with Crippen molar-refractivity contribution in [3.63, 3.8) is 0 Å². The minimum Gasteiger partial charge on any atom is -0.456 e. The number of fused-ring (bicyclic) bond motifs is 1. The molecule has 1 amide bonds. The molecule has 0 aliphatic carbocycles. The van der Waals surface area contributed by atoms with E-state index in [2.05, 4.69) is 0 Å². The molecule has 0 N–H and O–H groups in total. The number of ketones is 1. The molecule has 1 aromatic carbocycles. The maximum atomic E-state index is 12.6. The number of benzene rings is 1. The summed E-state index contributed by atoms with van der Waals surface area (Å²) in [5, 5.41) is 0. The van der Waals surface area contributed by atoms with Gasteiger partial charge in [0.2, 0.25) is 10.0 Å². The van der Waals surface area contributed by atoms with Crippen LogP contribution in [-0.4, -0.2) is 68.8 Å². The summed E-state index contributed by atoms with van der Waals surface area (Å²) in [6.07, 6.45) is 3.00. The number of nitrogens with zero attached hydrogens (tertiary/aromatic N) is 2. The van der Waals surface area contributed by atoms with Crippen LogP contribution in [0.25, 0.3) is 0 Å². The van der Waals surface area contributed by atoms with Crippen molar-refractivity contribution in [2.75, 3.05) is 30.3 Å². The standard InChI is InChI=1S/C22H30N2O7S/c1-22(2,3)31-21(27)23-11-6-8-18(23)20(26)30-14-19(25)16-9-10-17-15(13-16)7-5-12-24(17)32(4,28)29/h9-10,13,18H,5-8,11-12,14H2,1-4H3/t18-/m1/s1. The second kappa shape index (κ2) is 9.09. The van der Waals surface area contributed by atoms with Gasteiger partial charge in [-0.05, 0) is 70.2 Å². The SMILES string of the molecule is CC(C)(C)OC(=O)N1CCC[C@@H]1C(=O)OCC(=O)c1ccc2c(c1)CCCN2S(C)(=O)=O. The zero-order chi connectivity index (χ0) is 23.7. The highest BCUT2D eigenvalue weighted by Crippen LogP contribution is 2.30. The first kappa shape index (κ1) is 24.0. The molecule has 32 heavy (non-hydrogen) atoms. The number of aryl methyl sites for hydroxylation is 1. The predicted molar refractivity (Wildman–Crippen MR) is 118 cm³/mol. The summed E-state index contributed by atoms with van der Waals surface area (Å²) in [5.41, 5.74) is 1.02. The third-order valence-electron chi connectivity index (χ3n) is 5.38. The number of carbonyl (C=O) groups excluding carboxylic acids is 3. The van der Waals surface area contributed by atoms with Crippen LogP contribution in [0, 0.1) is 0 Å². The molecule has 9 nitrogen and oxygen atoms in total. The van der Waals surface area contributed by atoms with Crippen LogP contribution in [0.3, 0.4) is 0 Å². The van der Waals surface area contributed by atoms with Crippen molar-refractivity contribution < 1.29 is 32.3 Å². The molecule has 0 saturated carbocycles. The van der Waals surface area contributed by atoms with Crippen LogP contribution in [-0.2, 0) is 30.7 Å². The number of Topliss-reactive ketones (excluding diaryl/α,β-unsaturated/α-hetero) is 1. The summed E-state index contributed by atoms with van der Waals surface area (Å²) in [6.45, 7) is 5.60. The first-order valence-electron chi connectivity index (χ1n) is 10.7. The molecular weight excluding hydrogens is 436 g/mol. The van der Waals surface area contributed by atoms with Crippen molar-refractivity contribution in [3.8, 4) is 0 Å². The van der Waals surface area contributed by atoms with E-state index in [0.29, 0.717) is 50.0 Å². The zero-order valence-electron chi connectivity index (χ0n) is 18.9. The van der Waals surface area contributed by atoms with E-state index < -0.39 is 40.3 Å². The molecule has 2 aliphatic heterocycles. The summed E-state index contributed by atoms with van der Waals surface area (Å²) in [7, 11) is -3.39. The van der Waals surface area contributed by atoms with Crippen molar-refractivity contribution >= 4 is 33.6 Å². The largest absolute Gasteiger partial charge is 0.456 e. The van der Waals surface area contributed by atoms with Gasteiger partial charge in [-0.25, -0.2) is 18.0 Å². The maximum absolute atomic E-state index is 12.6. The van der Waals surface area contributed by atoms with Crippen molar-refractivity contribution in [2.24, 2.45) is 0 Å². The van der Waals surface area contributed by atoms with Gasteiger partial charge in [-0.3, -0.25) is 14.0 Å². The molecule has 1 aromatic rings. The van der Waals surface area contributed by atoms with Gasteiger partial charge >= 0.3 is 12.1 Å².